The van der Waals surface area contributed by atoms with Crippen molar-refractivity contribution in [2.45, 2.75) is 19.0 Å². The molecule has 2 aromatic rings. The lowest BCUT2D eigenvalue weighted by Crippen LogP contribution is -2.52. The number of nitrogens with zero attached hydrogens (tertiary/aromatic N) is 3. The number of aromatic nitrogens is 1. The molecule has 3 amide bonds. The van der Waals surface area contributed by atoms with Crippen LogP contribution in [0.3, 0.4) is 0 Å². The molecule has 0 aliphatic carbocycles. The maximum absolute atomic E-state index is 12.8. The van der Waals surface area contributed by atoms with Crippen LogP contribution in [0.4, 0.5) is 0 Å². The maximum atomic E-state index is 12.8. The fourth-order valence-electron chi connectivity index (χ4n) is 3.05. The van der Waals surface area contributed by atoms with Crippen LogP contribution >= 0.6 is 22.9 Å². The Balaban J connectivity index is 1.68. The molecule has 1 aliphatic rings. The van der Waals surface area contributed by atoms with Gasteiger partial charge in [0.05, 0.1) is 5.69 Å². The highest BCUT2D eigenvalue weighted by molar-refractivity contribution is 7.13. The first-order valence-electron chi connectivity index (χ1n) is 9.47. The first-order chi connectivity index (χ1) is 14.2. The Morgan fingerprint density at radius 1 is 1.23 bits per heavy atom. The van der Waals surface area contributed by atoms with E-state index in [1.165, 1.54) is 16.2 Å². The third-order valence-electron chi connectivity index (χ3n) is 4.73. The summed E-state index contributed by atoms with van der Waals surface area (Å²) in [5, 5.41) is 6.27. The van der Waals surface area contributed by atoms with Crippen molar-refractivity contribution in [2.24, 2.45) is 0 Å². The molecule has 0 bridgehead atoms. The third kappa shape index (κ3) is 5.35. The molecule has 2 N–H and O–H groups in total. The van der Waals surface area contributed by atoms with Crippen LogP contribution < -0.4 is 10.6 Å². The second-order valence-corrected chi connectivity index (χ2v) is 8.87. The molecule has 1 aliphatic heterocycles. The van der Waals surface area contributed by atoms with Crippen LogP contribution in [0.5, 0.6) is 0 Å². The van der Waals surface area contributed by atoms with Crippen molar-refractivity contribution in [3.63, 3.8) is 0 Å². The van der Waals surface area contributed by atoms with E-state index in [1.54, 1.807) is 38.4 Å². The van der Waals surface area contributed by atoms with Gasteiger partial charge < -0.3 is 20.4 Å². The topological polar surface area (TPSA) is 94.6 Å². The van der Waals surface area contributed by atoms with Gasteiger partial charge in [0.25, 0.3) is 11.8 Å². The Morgan fingerprint density at radius 3 is 2.60 bits per heavy atom. The van der Waals surface area contributed by atoms with Crippen molar-refractivity contribution in [2.75, 3.05) is 34.2 Å². The lowest BCUT2D eigenvalue weighted by Gasteiger charge is -2.21. The lowest BCUT2D eigenvalue weighted by molar-refractivity contribution is -0.130. The number of fused-ring (bicyclic) bond motifs is 1. The Labute approximate surface area is 184 Å². The predicted octanol–water partition coefficient (Wildman–Crippen LogP) is 1.40. The fourth-order valence-corrected chi connectivity index (χ4v) is 4.27. The number of benzene rings is 1. The molecule has 1 unspecified atom stereocenters. The molecule has 0 spiro atoms. The number of rotatable bonds is 6. The standard InChI is InChI=1S/C20H24ClN5O3S/c1-25(2)20(29)15(10-22-17(27)12-4-6-13(21)7-5-12)23-18(28)19-24-14-8-9-26(3)11-16(14)30-19/h4-7,15H,8-11H2,1-3H3,(H,22,27)(H,23,28). The quantitative estimate of drug-likeness (QED) is 0.695. The van der Waals surface area contributed by atoms with Gasteiger partial charge in [0.15, 0.2) is 5.01 Å². The molecule has 1 atom stereocenters. The van der Waals surface area contributed by atoms with Gasteiger partial charge in [-0.15, -0.1) is 11.3 Å². The van der Waals surface area contributed by atoms with E-state index in [9.17, 15) is 14.4 Å². The van der Waals surface area contributed by atoms with E-state index in [-0.39, 0.29) is 18.4 Å². The van der Waals surface area contributed by atoms with E-state index in [4.69, 9.17) is 11.6 Å². The highest BCUT2D eigenvalue weighted by Crippen LogP contribution is 2.24. The molecular weight excluding hydrogens is 426 g/mol. The summed E-state index contributed by atoms with van der Waals surface area (Å²) in [6, 6.07) is 5.50. The van der Waals surface area contributed by atoms with Crippen molar-refractivity contribution < 1.29 is 14.4 Å². The zero-order chi connectivity index (χ0) is 21.8. The van der Waals surface area contributed by atoms with Gasteiger partial charge in [-0.3, -0.25) is 14.4 Å². The fraction of sp³-hybridized carbons (Fsp3) is 0.400. The zero-order valence-electron chi connectivity index (χ0n) is 17.1. The molecule has 8 nitrogen and oxygen atoms in total. The average molecular weight is 450 g/mol. The lowest BCUT2D eigenvalue weighted by atomic mass is 10.2. The SMILES string of the molecule is CN1CCc2nc(C(=O)NC(CNC(=O)c3ccc(Cl)cc3)C(=O)N(C)C)sc2C1. The Morgan fingerprint density at radius 2 is 1.93 bits per heavy atom. The minimum atomic E-state index is -0.910. The van der Waals surface area contributed by atoms with E-state index < -0.39 is 11.9 Å². The summed E-state index contributed by atoms with van der Waals surface area (Å²) in [4.78, 5) is 46.8. The molecule has 0 radical (unpaired) electrons. The van der Waals surface area contributed by atoms with E-state index in [0.29, 0.717) is 15.6 Å². The van der Waals surface area contributed by atoms with Crippen molar-refractivity contribution in [1.82, 2.24) is 25.4 Å². The summed E-state index contributed by atoms with van der Waals surface area (Å²) >= 11 is 7.19. The van der Waals surface area contributed by atoms with Crippen LogP contribution in [0.1, 0.15) is 30.7 Å². The van der Waals surface area contributed by atoms with Gasteiger partial charge in [-0.25, -0.2) is 4.98 Å². The molecule has 2 heterocycles. The van der Waals surface area contributed by atoms with Crippen LogP contribution in [0, 0.1) is 0 Å². The molecule has 3 rings (SSSR count). The number of thiazole rings is 1. The van der Waals surface area contributed by atoms with E-state index in [2.05, 4.69) is 20.5 Å². The van der Waals surface area contributed by atoms with Gasteiger partial charge in [0.1, 0.15) is 6.04 Å². The first-order valence-corrected chi connectivity index (χ1v) is 10.7. The summed E-state index contributed by atoms with van der Waals surface area (Å²) in [5.41, 5.74) is 1.35. The van der Waals surface area contributed by atoms with Gasteiger partial charge in [0, 0.05) is 55.6 Å². The molecule has 1 aromatic carbocycles. The Hall–Kier alpha value is -2.49. The number of hydrogen-bond donors (Lipinski definition) is 2. The monoisotopic (exact) mass is 449 g/mol. The molecular formula is C20H24ClN5O3S. The average Bonchev–Trinajstić information content (AvgIpc) is 3.14. The smallest absolute Gasteiger partial charge is 0.280 e. The van der Waals surface area contributed by atoms with Gasteiger partial charge >= 0.3 is 0 Å². The number of nitrogens with one attached hydrogen (secondary N) is 2. The van der Waals surface area contributed by atoms with E-state index >= 15 is 0 Å². The minimum absolute atomic E-state index is 0.0436. The van der Waals surface area contributed by atoms with Crippen molar-refractivity contribution in [3.8, 4) is 0 Å². The van der Waals surface area contributed by atoms with Gasteiger partial charge in [-0.2, -0.15) is 0 Å². The number of carbonyl (C=O) groups excluding carboxylic acids is 3. The minimum Gasteiger partial charge on any atom is -0.349 e. The molecule has 0 fully saturated rings. The first kappa shape index (κ1) is 22.2. The van der Waals surface area contributed by atoms with Crippen LogP contribution in [0.25, 0.3) is 0 Å². The number of halogens is 1. The van der Waals surface area contributed by atoms with Crippen molar-refractivity contribution in [1.29, 1.82) is 0 Å². The third-order valence-corrected chi connectivity index (χ3v) is 6.07. The van der Waals surface area contributed by atoms with Crippen molar-refractivity contribution >= 4 is 40.7 Å². The van der Waals surface area contributed by atoms with Crippen LogP contribution in [0.15, 0.2) is 24.3 Å². The largest absolute Gasteiger partial charge is 0.349 e. The van der Waals surface area contributed by atoms with Crippen molar-refractivity contribution in [3.05, 3.63) is 50.4 Å². The predicted molar refractivity (Wildman–Crippen MR) is 116 cm³/mol. The number of hydrogen-bond acceptors (Lipinski definition) is 6. The zero-order valence-corrected chi connectivity index (χ0v) is 18.6. The van der Waals surface area contributed by atoms with E-state index in [1.807, 2.05) is 7.05 Å². The highest BCUT2D eigenvalue weighted by atomic mass is 35.5. The summed E-state index contributed by atoms with van der Waals surface area (Å²) in [7, 11) is 5.22. The normalized spacial score (nSPS) is 14.5. The Bertz CT molecular complexity index is 944. The summed E-state index contributed by atoms with van der Waals surface area (Å²) in [6.45, 7) is 1.62. The molecule has 160 valence electrons. The second-order valence-electron chi connectivity index (χ2n) is 7.35. The Kier molecular flexibility index (Phi) is 7.06. The number of carbonyl (C=O) groups is 3. The highest BCUT2D eigenvalue weighted by Gasteiger charge is 2.27. The van der Waals surface area contributed by atoms with Crippen LogP contribution in [0.2, 0.25) is 5.02 Å². The summed E-state index contributed by atoms with van der Waals surface area (Å²) in [5.74, 6) is -1.09. The molecule has 10 heteroatoms. The van der Waals surface area contributed by atoms with Gasteiger partial charge in [0.2, 0.25) is 5.91 Å². The summed E-state index contributed by atoms with van der Waals surface area (Å²) in [6.07, 6.45) is 0.798. The van der Waals surface area contributed by atoms with E-state index in [0.717, 1.165) is 30.1 Å². The summed E-state index contributed by atoms with van der Waals surface area (Å²) < 4.78 is 0. The number of amides is 3. The maximum Gasteiger partial charge on any atom is 0.280 e. The second kappa shape index (κ2) is 9.55. The van der Waals surface area contributed by atoms with Gasteiger partial charge in [-0.1, -0.05) is 11.6 Å². The van der Waals surface area contributed by atoms with Crippen LogP contribution in [-0.4, -0.2) is 72.8 Å². The molecule has 30 heavy (non-hydrogen) atoms. The molecule has 0 saturated carbocycles. The van der Waals surface area contributed by atoms with Crippen LogP contribution in [-0.2, 0) is 17.8 Å². The molecule has 1 aromatic heterocycles. The molecule has 0 saturated heterocycles. The van der Waals surface area contributed by atoms with Gasteiger partial charge in [-0.05, 0) is 31.3 Å². The number of likely N-dealkylation sites (N-methyl/N-ethyl adjacent to an activating group) is 2.